The smallest absolute Gasteiger partial charge is 0.220 e. The van der Waals surface area contributed by atoms with Gasteiger partial charge in [-0.05, 0) is 31.6 Å². The lowest BCUT2D eigenvalue weighted by Crippen LogP contribution is -3.06. The molecule has 0 aromatic rings. The van der Waals surface area contributed by atoms with E-state index in [-0.39, 0.29) is 17.9 Å². The van der Waals surface area contributed by atoms with Crippen LogP contribution in [0, 0.1) is 11.8 Å². The van der Waals surface area contributed by atoms with Crippen LogP contribution in [0.3, 0.4) is 0 Å². The summed E-state index contributed by atoms with van der Waals surface area (Å²) in [7, 11) is 4.16. The number of amides is 1. The molecule has 0 aromatic carbocycles. The van der Waals surface area contributed by atoms with E-state index in [1.54, 1.807) is 0 Å². The van der Waals surface area contributed by atoms with Crippen molar-refractivity contribution in [2.75, 3.05) is 27.2 Å². The van der Waals surface area contributed by atoms with Crippen molar-refractivity contribution in [3.05, 3.63) is 12.2 Å². The minimum atomic E-state index is -0.372. The van der Waals surface area contributed by atoms with Crippen LogP contribution < -0.4 is 10.2 Å². The van der Waals surface area contributed by atoms with E-state index in [0.717, 1.165) is 77.3 Å². The number of carbonyl (C=O) groups is 2. The molecule has 0 heterocycles. The molecule has 0 aliphatic heterocycles. The van der Waals surface area contributed by atoms with Crippen LogP contribution in [-0.2, 0) is 9.59 Å². The number of rotatable bonds is 16. The van der Waals surface area contributed by atoms with Crippen LogP contribution in [0.4, 0.5) is 0 Å². The first-order chi connectivity index (χ1) is 13.9. The molecule has 0 bridgehead atoms. The molecule has 3 N–H and O–H groups in total. The number of quaternary nitrogens is 1. The average Bonchev–Trinajstić information content (AvgIpc) is 3.02. The van der Waals surface area contributed by atoms with Crippen molar-refractivity contribution in [3.63, 3.8) is 0 Å². The van der Waals surface area contributed by atoms with Crippen molar-refractivity contribution in [1.82, 2.24) is 5.32 Å². The molecule has 1 fully saturated rings. The van der Waals surface area contributed by atoms with Gasteiger partial charge in [0, 0.05) is 18.8 Å². The van der Waals surface area contributed by atoms with Crippen molar-refractivity contribution in [2.45, 2.75) is 90.1 Å². The first kappa shape index (κ1) is 25.8. The summed E-state index contributed by atoms with van der Waals surface area (Å²) in [6.45, 7) is 3.86. The molecular weight excluding hydrogens is 364 g/mol. The molecule has 0 saturated heterocycles. The number of allylic oxidation sites excluding steroid dienone is 1. The van der Waals surface area contributed by atoms with Gasteiger partial charge in [-0.2, -0.15) is 0 Å². The van der Waals surface area contributed by atoms with Crippen LogP contribution in [-0.4, -0.2) is 50.1 Å². The minimum absolute atomic E-state index is 0.130. The maximum Gasteiger partial charge on any atom is 0.220 e. The summed E-state index contributed by atoms with van der Waals surface area (Å²) >= 11 is 0. The number of Topliss-reactive ketones (excluding diaryl/α,β-unsaturated/α-hetero) is 1. The van der Waals surface area contributed by atoms with E-state index >= 15 is 0 Å². The third-order valence-corrected chi connectivity index (χ3v) is 5.95. The number of hydrogen-bond acceptors (Lipinski definition) is 3. The quantitative estimate of drug-likeness (QED) is 0.271. The van der Waals surface area contributed by atoms with Crippen molar-refractivity contribution in [3.8, 4) is 0 Å². The lowest BCUT2D eigenvalue weighted by atomic mass is 9.89. The van der Waals surface area contributed by atoms with Gasteiger partial charge in [-0.25, -0.2) is 0 Å². The first-order valence-electron chi connectivity index (χ1n) is 11.9. The molecule has 1 aliphatic rings. The number of aliphatic hydroxyl groups is 1. The van der Waals surface area contributed by atoms with Crippen molar-refractivity contribution in [1.29, 1.82) is 0 Å². The number of likely N-dealkylation sites (N-methyl/N-ethyl adjacent to an activating group) is 1. The molecule has 1 amide bonds. The molecule has 5 nitrogen and oxygen atoms in total. The molecule has 0 radical (unpaired) electrons. The number of carbonyl (C=O) groups excluding carboxylic acids is 2. The molecule has 1 rings (SSSR count). The Bertz CT molecular complexity index is 491. The highest BCUT2D eigenvalue weighted by atomic mass is 16.3. The zero-order valence-corrected chi connectivity index (χ0v) is 19.0. The SMILES string of the molecule is CCCCC[C@H](O)/C=C/[C@H]1CCC(=O)[C@@H]1CCCCCCC(=O)NCC[NH+](C)C. The molecular formula is C24H45N2O3+. The van der Waals surface area contributed by atoms with Crippen LogP contribution in [0.2, 0.25) is 0 Å². The highest BCUT2D eigenvalue weighted by molar-refractivity contribution is 5.83. The standard InChI is InChI=1S/C24H44N2O3/c1-4-5-8-11-21(27)16-14-20-15-17-23(28)22(20)12-9-6-7-10-13-24(29)25-18-19-26(2)3/h14,16,20-22,27H,4-13,15,17-19H2,1-3H3,(H,25,29)/p+1/b16-14+/t20-,21-,22+/m0/s1. The van der Waals surface area contributed by atoms with E-state index in [1.165, 1.54) is 4.90 Å². The minimum Gasteiger partial charge on any atom is -0.389 e. The molecule has 1 saturated carbocycles. The summed E-state index contributed by atoms with van der Waals surface area (Å²) in [5, 5.41) is 13.0. The molecule has 168 valence electrons. The summed E-state index contributed by atoms with van der Waals surface area (Å²) in [4.78, 5) is 25.4. The number of nitrogens with one attached hydrogen (secondary N) is 2. The van der Waals surface area contributed by atoms with Gasteiger partial charge < -0.3 is 15.3 Å². The van der Waals surface area contributed by atoms with E-state index in [2.05, 4.69) is 32.4 Å². The van der Waals surface area contributed by atoms with Gasteiger partial charge in [0.2, 0.25) is 5.91 Å². The lowest BCUT2D eigenvalue weighted by molar-refractivity contribution is -0.856. The Balaban J connectivity index is 2.18. The molecule has 0 aromatic heterocycles. The van der Waals surface area contributed by atoms with Crippen LogP contribution >= 0.6 is 0 Å². The van der Waals surface area contributed by atoms with E-state index in [1.807, 2.05) is 6.08 Å². The highest BCUT2D eigenvalue weighted by Gasteiger charge is 2.32. The maximum absolute atomic E-state index is 12.2. The third kappa shape index (κ3) is 12.2. The normalized spacial score (nSPS) is 20.7. The number of unbranched alkanes of at least 4 members (excludes halogenated alkanes) is 5. The molecule has 29 heavy (non-hydrogen) atoms. The van der Waals surface area contributed by atoms with E-state index < -0.39 is 0 Å². The fourth-order valence-electron chi connectivity index (χ4n) is 4.05. The highest BCUT2D eigenvalue weighted by Crippen LogP contribution is 2.34. The van der Waals surface area contributed by atoms with E-state index in [4.69, 9.17) is 0 Å². The molecule has 5 heteroatoms. The summed E-state index contributed by atoms with van der Waals surface area (Å²) in [5.41, 5.74) is 0. The number of ketones is 1. The summed E-state index contributed by atoms with van der Waals surface area (Å²) in [5.74, 6) is 0.973. The van der Waals surface area contributed by atoms with Crippen LogP contribution in [0.1, 0.15) is 84.0 Å². The van der Waals surface area contributed by atoms with Crippen LogP contribution in [0.5, 0.6) is 0 Å². The Hall–Kier alpha value is -1.20. The Morgan fingerprint density at radius 1 is 1.21 bits per heavy atom. The van der Waals surface area contributed by atoms with Crippen LogP contribution in [0.25, 0.3) is 0 Å². The monoisotopic (exact) mass is 409 g/mol. The molecule has 3 atom stereocenters. The first-order valence-corrected chi connectivity index (χ1v) is 11.9. The predicted octanol–water partition coefficient (Wildman–Crippen LogP) is 2.68. The van der Waals surface area contributed by atoms with Gasteiger partial charge in [-0.15, -0.1) is 0 Å². The second-order valence-corrected chi connectivity index (χ2v) is 8.98. The number of hydrogen-bond donors (Lipinski definition) is 3. The largest absolute Gasteiger partial charge is 0.389 e. The second kappa shape index (κ2) is 15.6. The topological polar surface area (TPSA) is 70.8 Å². The second-order valence-electron chi connectivity index (χ2n) is 8.98. The molecule has 0 unspecified atom stereocenters. The fraction of sp³-hybridized carbons (Fsp3) is 0.833. The Labute approximate surface area is 178 Å². The summed E-state index contributed by atoms with van der Waals surface area (Å²) < 4.78 is 0. The summed E-state index contributed by atoms with van der Waals surface area (Å²) in [6, 6.07) is 0. The fourth-order valence-corrected chi connectivity index (χ4v) is 4.05. The number of aliphatic hydroxyl groups excluding tert-OH is 1. The maximum atomic E-state index is 12.2. The van der Waals surface area contributed by atoms with Gasteiger partial charge in [-0.3, -0.25) is 9.59 Å². The zero-order valence-electron chi connectivity index (χ0n) is 19.0. The van der Waals surface area contributed by atoms with E-state index in [0.29, 0.717) is 24.5 Å². The van der Waals surface area contributed by atoms with Gasteiger partial charge in [0.05, 0.1) is 33.3 Å². The predicted molar refractivity (Wildman–Crippen MR) is 119 cm³/mol. The average molecular weight is 410 g/mol. The third-order valence-electron chi connectivity index (χ3n) is 5.95. The van der Waals surface area contributed by atoms with Crippen molar-refractivity contribution < 1.29 is 19.6 Å². The zero-order chi connectivity index (χ0) is 21.5. The van der Waals surface area contributed by atoms with Gasteiger partial charge >= 0.3 is 0 Å². The summed E-state index contributed by atoms with van der Waals surface area (Å²) in [6.07, 6.45) is 15.1. The van der Waals surface area contributed by atoms with Crippen LogP contribution in [0.15, 0.2) is 12.2 Å². The van der Waals surface area contributed by atoms with Gasteiger partial charge in [0.1, 0.15) is 5.78 Å². The van der Waals surface area contributed by atoms with E-state index in [9.17, 15) is 14.7 Å². The Kier molecular flexibility index (Phi) is 13.9. The Morgan fingerprint density at radius 2 is 1.97 bits per heavy atom. The van der Waals surface area contributed by atoms with Crippen molar-refractivity contribution >= 4 is 11.7 Å². The molecule has 1 aliphatic carbocycles. The Morgan fingerprint density at radius 3 is 2.69 bits per heavy atom. The van der Waals surface area contributed by atoms with Gasteiger partial charge in [-0.1, -0.05) is 57.6 Å². The van der Waals surface area contributed by atoms with Gasteiger partial charge in [0.25, 0.3) is 0 Å². The molecule has 0 spiro atoms. The van der Waals surface area contributed by atoms with Crippen molar-refractivity contribution in [2.24, 2.45) is 11.8 Å². The van der Waals surface area contributed by atoms with Gasteiger partial charge in [0.15, 0.2) is 0 Å². The lowest BCUT2D eigenvalue weighted by Gasteiger charge is -2.15.